The maximum absolute atomic E-state index is 12.3. The van der Waals surface area contributed by atoms with Gasteiger partial charge < -0.3 is 5.11 Å². The Morgan fingerprint density at radius 2 is 1.86 bits per heavy atom. The number of aryl methyl sites for hydroxylation is 1. The average molecular weight is 305 g/mol. The summed E-state index contributed by atoms with van der Waals surface area (Å²) in [7, 11) is -3.49. The lowest BCUT2D eigenvalue weighted by Gasteiger charge is -2.07. The van der Waals surface area contributed by atoms with Crippen molar-refractivity contribution in [3.63, 3.8) is 0 Å². The topological polar surface area (TPSA) is 84.3 Å². The van der Waals surface area contributed by atoms with E-state index < -0.39 is 15.8 Å². The summed E-state index contributed by atoms with van der Waals surface area (Å²) in [5.74, 6) is -1.12. The standard InChI is InChI=1S/C15H15NO4S/c1-11-3-2-8-16-14(11)10-21(19,20)13-6-4-12(5-7-13)9-15(17)18/h2-8H,9-10H2,1H3,(H,17,18). The van der Waals surface area contributed by atoms with Crippen LogP contribution in [0.3, 0.4) is 0 Å². The van der Waals surface area contributed by atoms with Crippen molar-refractivity contribution in [1.82, 2.24) is 4.98 Å². The molecule has 21 heavy (non-hydrogen) atoms. The third-order valence-corrected chi connectivity index (χ3v) is 4.73. The SMILES string of the molecule is Cc1cccnc1CS(=O)(=O)c1ccc(CC(=O)O)cc1. The Kier molecular flexibility index (Phi) is 4.37. The van der Waals surface area contributed by atoms with Crippen molar-refractivity contribution >= 4 is 15.8 Å². The number of sulfone groups is 1. The van der Waals surface area contributed by atoms with Crippen LogP contribution in [-0.2, 0) is 26.8 Å². The lowest BCUT2D eigenvalue weighted by Crippen LogP contribution is -2.08. The molecule has 0 saturated carbocycles. The Bertz CT molecular complexity index is 751. The summed E-state index contributed by atoms with van der Waals surface area (Å²) < 4.78 is 24.7. The molecule has 0 aliphatic rings. The van der Waals surface area contributed by atoms with Crippen LogP contribution in [0.4, 0.5) is 0 Å². The molecule has 0 spiro atoms. The normalized spacial score (nSPS) is 11.3. The lowest BCUT2D eigenvalue weighted by atomic mass is 10.2. The molecule has 0 aliphatic carbocycles. The number of benzene rings is 1. The summed E-state index contributed by atoms with van der Waals surface area (Å²) in [6.45, 7) is 1.81. The molecule has 2 aromatic rings. The van der Waals surface area contributed by atoms with E-state index in [4.69, 9.17) is 5.11 Å². The molecule has 0 bridgehead atoms. The highest BCUT2D eigenvalue weighted by Crippen LogP contribution is 2.18. The summed E-state index contributed by atoms with van der Waals surface area (Å²) in [6.07, 6.45) is 1.44. The Labute approximate surface area is 123 Å². The Hall–Kier alpha value is -2.21. The maximum atomic E-state index is 12.3. The van der Waals surface area contributed by atoms with Gasteiger partial charge in [0, 0.05) is 6.20 Å². The quantitative estimate of drug-likeness (QED) is 0.913. The Balaban J connectivity index is 2.24. The Morgan fingerprint density at radius 1 is 1.19 bits per heavy atom. The number of carboxylic acid groups (broad SMARTS) is 1. The largest absolute Gasteiger partial charge is 0.481 e. The minimum Gasteiger partial charge on any atom is -0.481 e. The predicted molar refractivity (Wildman–Crippen MR) is 77.6 cm³/mol. The highest BCUT2D eigenvalue weighted by Gasteiger charge is 2.17. The van der Waals surface area contributed by atoms with Gasteiger partial charge in [0.25, 0.3) is 0 Å². The van der Waals surface area contributed by atoms with Crippen molar-refractivity contribution in [2.45, 2.75) is 24.0 Å². The summed E-state index contributed by atoms with van der Waals surface area (Å²) >= 11 is 0. The van der Waals surface area contributed by atoms with Crippen LogP contribution in [0.15, 0.2) is 47.5 Å². The van der Waals surface area contributed by atoms with Crippen molar-refractivity contribution in [3.8, 4) is 0 Å². The molecular weight excluding hydrogens is 290 g/mol. The molecule has 0 atom stereocenters. The number of pyridine rings is 1. The molecule has 0 unspecified atom stereocenters. The van der Waals surface area contributed by atoms with E-state index in [2.05, 4.69) is 4.98 Å². The summed E-state index contributed by atoms with van der Waals surface area (Å²) in [5, 5.41) is 8.69. The Morgan fingerprint density at radius 3 is 2.43 bits per heavy atom. The highest BCUT2D eigenvalue weighted by molar-refractivity contribution is 7.90. The van der Waals surface area contributed by atoms with Gasteiger partial charge in [0.15, 0.2) is 9.84 Å². The zero-order chi connectivity index (χ0) is 15.5. The second-order valence-electron chi connectivity index (χ2n) is 4.74. The molecular formula is C15H15NO4S. The van der Waals surface area contributed by atoms with Gasteiger partial charge in [-0.05, 0) is 36.2 Å². The third kappa shape index (κ3) is 3.88. The molecule has 0 aliphatic heterocycles. The van der Waals surface area contributed by atoms with Gasteiger partial charge in [-0.2, -0.15) is 0 Å². The van der Waals surface area contributed by atoms with Crippen LogP contribution in [0.25, 0.3) is 0 Å². The van der Waals surface area contributed by atoms with Crippen LogP contribution in [0, 0.1) is 6.92 Å². The first-order valence-corrected chi connectivity index (χ1v) is 7.98. The van der Waals surface area contributed by atoms with E-state index >= 15 is 0 Å². The fourth-order valence-electron chi connectivity index (χ4n) is 1.92. The molecule has 0 amide bonds. The van der Waals surface area contributed by atoms with Crippen molar-refractivity contribution in [1.29, 1.82) is 0 Å². The fraction of sp³-hybridized carbons (Fsp3) is 0.200. The molecule has 0 fully saturated rings. The predicted octanol–water partition coefficient (Wildman–Crippen LogP) is 1.99. The van der Waals surface area contributed by atoms with Gasteiger partial charge >= 0.3 is 5.97 Å². The van der Waals surface area contributed by atoms with Crippen LogP contribution >= 0.6 is 0 Å². The van der Waals surface area contributed by atoms with E-state index in [0.29, 0.717) is 11.3 Å². The van der Waals surface area contributed by atoms with Crippen molar-refractivity contribution in [2.75, 3.05) is 0 Å². The minimum absolute atomic E-state index is 0.125. The molecule has 1 N–H and O–H groups in total. The number of hydrogen-bond donors (Lipinski definition) is 1. The highest BCUT2D eigenvalue weighted by atomic mass is 32.2. The lowest BCUT2D eigenvalue weighted by molar-refractivity contribution is -0.136. The minimum atomic E-state index is -3.49. The van der Waals surface area contributed by atoms with E-state index in [1.54, 1.807) is 12.3 Å². The van der Waals surface area contributed by atoms with Crippen LogP contribution in [0.2, 0.25) is 0 Å². The number of nitrogens with zero attached hydrogens (tertiary/aromatic N) is 1. The van der Waals surface area contributed by atoms with Crippen molar-refractivity contribution in [3.05, 3.63) is 59.4 Å². The molecule has 110 valence electrons. The maximum Gasteiger partial charge on any atom is 0.307 e. The third-order valence-electron chi connectivity index (χ3n) is 3.08. The molecule has 5 nitrogen and oxygen atoms in total. The van der Waals surface area contributed by atoms with Gasteiger partial charge in [0.05, 0.1) is 22.8 Å². The smallest absolute Gasteiger partial charge is 0.307 e. The van der Waals surface area contributed by atoms with Crippen molar-refractivity contribution < 1.29 is 18.3 Å². The molecule has 1 aromatic heterocycles. The van der Waals surface area contributed by atoms with Gasteiger partial charge in [-0.1, -0.05) is 18.2 Å². The molecule has 0 saturated heterocycles. The fourth-order valence-corrected chi connectivity index (χ4v) is 3.30. The number of aromatic nitrogens is 1. The zero-order valence-corrected chi connectivity index (χ0v) is 12.3. The first-order valence-electron chi connectivity index (χ1n) is 6.32. The van der Waals surface area contributed by atoms with E-state index in [1.807, 2.05) is 13.0 Å². The second-order valence-corrected chi connectivity index (χ2v) is 6.73. The van der Waals surface area contributed by atoms with E-state index in [0.717, 1.165) is 5.56 Å². The van der Waals surface area contributed by atoms with Crippen molar-refractivity contribution in [2.24, 2.45) is 0 Å². The van der Waals surface area contributed by atoms with Crippen LogP contribution in [0.1, 0.15) is 16.8 Å². The molecule has 1 heterocycles. The summed E-state index contributed by atoms with van der Waals surface area (Å²) in [4.78, 5) is 14.9. The average Bonchev–Trinajstić information content (AvgIpc) is 2.41. The van der Waals surface area contributed by atoms with E-state index in [9.17, 15) is 13.2 Å². The van der Waals surface area contributed by atoms with Gasteiger partial charge in [-0.3, -0.25) is 9.78 Å². The molecule has 1 aromatic carbocycles. The number of carbonyl (C=O) groups is 1. The van der Waals surface area contributed by atoms with Crippen LogP contribution < -0.4 is 0 Å². The molecule has 2 rings (SSSR count). The number of rotatable bonds is 5. The zero-order valence-electron chi connectivity index (χ0n) is 11.5. The summed E-state index contributed by atoms with van der Waals surface area (Å²) in [5.41, 5.74) is 1.91. The first-order chi connectivity index (χ1) is 9.88. The van der Waals surface area contributed by atoms with Gasteiger partial charge in [0.1, 0.15) is 0 Å². The first kappa shape index (κ1) is 15.2. The van der Waals surface area contributed by atoms with E-state index in [-0.39, 0.29) is 17.1 Å². The van der Waals surface area contributed by atoms with Gasteiger partial charge in [0.2, 0.25) is 0 Å². The van der Waals surface area contributed by atoms with Gasteiger partial charge in [-0.25, -0.2) is 8.42 Å². The second kappa shape index (κ2) is 6.05. The summed E-state index contributed by atoms with van der Waals surface area (Å²) in [6, 6.07) is 9.48. The molecule has 6 heteroatoms. The van der Waals surface area contributed by atoms with Crippen LogP contribution in [0.5, 0.6) is 0 Å². The number of aliphatic carboxylic acids is 1. The number of carboxylic acids is 1. The monoisotopic (exact) mass is 305 g/mol. The van der Waals surface area contributed by atoms with Gasteiger partial charge in [-0.15, -0.1) is 0 Å². The van der Waals surface area contributed by atoms with E-state index in [1.165, 1.54) is 24.3 Å². The number of hydrogen-bond acceptors (Lipinski definition) is 4. The molecule has 0 radical (unpaired) electrons. The van der Waals surface area contributed by atoms with Crippen LogP contribution in [-0.4, -0.2) is 24.5 Å².